The van der Waals surface area contributed by atoms with Gasteiger partial charge in [0.1, 0.15) is 0 Å². The van der Waals surface area contributed by atoms with Crippen LogP contribution in [0.25, 0.3) is 0 Å². The Bertz CT molecular complexity index is 297. The molecule has 0 amide bonds. The molecule has 0 saturated heterocycles. The number of hydrogen-bond donors (Lipinski definition) is 1. The second kappa shape index (κ2) is 20.2. The first-order chi connectivity index (χ1) is 13.2. The number of aliphatic carboxylic acids is 1. The Hall–Kier alpha value is -0.530. The molecule has 0 heterocycles. The normalized spacial score (nSPS) is 12.6. The van der Waals surface area contributed by atoms with Crippen LogP contribution in [0.1, 0.15) is 143 Å². The van der Waals surface area contributed by atoms with Crippen LogP contribution in [0.15, 0.2) is 0 Å². The Morgan fingerprint density at radius 3 is 1.41 bits per heavy atom. The van der Waals surface area contributed by atoms with Gasteiger partial charge in [-0.05, 0) is 18.8 Å². The fourth-order valence-electron chi connectivity index (χ4n) is 4.19. The van der Waals surface area contributed by atoms with Crippen molar-refractivity contribution in [1.82, 2.24) is 0 Å². The van der Waals surface area contributed by atoms with Gasteiger partial charge in [0.2, 0.25) is 0 Å². The molecule has 0 spiro atoms. The molecule has 1 unspecified atom stereocenters. The monoisotopic (exact) mass is 382 g/mol. The van der Waals surface area contributed by atoms with Crippen molar-refractivity contribution in [2.45, 2.75) is 143 Å². The van der Waals surface area contributed by atoms with E-state index < -0.39 is 5.97 Å². The Balaban J connectivity index is 4.30. The van der Waals surface area contributed by atoms with Crippen molar-refractivity contribution in [1.29, 1.82) is 0 Å². The maximum absolute atomic E-state index is 11.7. The van der Waals surface area contributed by atoms with Crippen molar-refractivity contribution >= 4 is 5.97 Å². The molecule has 0 aromatic carbocycles. The minimum atomic E-state index is -0.554. The Kier molecular flexibility index (Phi) is 19.8. The first kappa shape index (κ1) is 26.5. The quantitative estimate of drug-likeness (QED) is 0.201. The third-order valence-electron chi connectivity index (χ3n) is 6.06. The molecule has 0 aromatic rings. The van der Waals surface area contributed by atoms with Crippen molar-refractivity contribution in [3.05, 3.63) is 0 Å². The van der Waals surface area contributed by atoms with Crippen molar-refractivity contribution < 1.29 is 9.90 Å². The lowest BCUT2D eigenvalue weighted by molar-refractivity contribution is -0.142. The van der Waals surface area contributed by atoms with E-state index in [1.165, 1.54) is 103 Å². The van der Waals surface area contributed by atoms with Crippen LogP contribution < -0.4 is 0 Å². The summed E-state index contributed by atoms with van der Waals surface area (Å²) < 4.78 is 0. The van der Waals surface area contributed by atoms with E-state index >= 15 is 0 Å². The third kappa shape index (κ3) is 17.3. The minimum absolute atomic E-state index is 0.110. The summed E-state index contributed by atoms with van der Waals surface area (Å²) in [5.41, 5.74) is 0. The fourth-order valence-corrected chi connectivity index (χ4v) is 4.19. The van der Waals surface area contributed by atoms with Crippen LogP contribution in [-0.4, -0.2) is 11.1 Å². The van der Waals surface area contributed by atoms with E-state index in [4.69, 9.17) is 0 Å². The average Bonchev–Trinajstić information content (AvgIpc) is 2.65. The van der Waals surface area contributed by atoms with Crippen molar-refractivity contribution in [2.24, 2.45) is 11.8 Å². The van der Waals surface area contributed by atoms with E-state index in [1.807, 2.05) is 0 Å². The van der Waals surface area contributed by atoms with Gasteiger partial charge in [0.05, 0.1) is 5.92 Å². The molecule has 2 heteroatoms. The highest BCUT2D eigenvalue weighted by Gasteiger charge is 2.22. The van der Waals surface area contributed by atoms with Crippen LogP contribution in [0.5, 0.6) is 0 Å². The van der Waals surface area contributed by atoms with E-state index in [0.717, 1.165) is 19.3 Å². The molecule has 0 aliphatic carbocycles. The molecular formula is C25H50O2. The van der Waals surface area contributed by atoms with Gasteiger partial charge in [-0.1, -0.05) is 130 Å². The predicted octanol–water partition coefficient (Wildman–Crippen LogP) is 8.78. The van der Waals surface area contributed by atoms with Gasteiger partial charge in [0, 0.05) is 0 Å². The summed E-state index contributed by atoms with van der Waals surface area (Å²) in [6.45, 7) is 6.72. The smallest absolute Gasteiger partial charge is 0.306 e. The highest BCUT2D eigenvalue weighted by atomic mass is 16.4. The minimum Gasteiger partial charge on any atom is -0.481 e. The molecule has 27 heavy (non-hydrogen) atoms. The van der Waals surface area contributed by atoms with Gasteiger partial charge in [0.25, 0.3) is 0 Å². The zero-order valence-electron chi connectivity index (χ0n) is 18.9. The first-order valence-corrected chi connectivity index (χ1v) is 12.4. The van der Waals surface area contributed by atoms with Gasteiger partial charge >= 0.3 is 5.97 Å². The number of carbonyl (C=O) groups is 1. The van der Waals surface area contributed by atoms with Crippen LogP contribution in [0.4, 0.5) is 0 Å². The zero-order valence-corrected chi connectivity index (χ0v) is 18.9. The second-order valence-corrected chi connectivity index (χ2v) is 8.75. The Labute approximate surface area is 170 Å². The largest absolute Gasteiger partial charge is 0.481 e. The summed E-state index contributed by atoms with van der Waals surface area (Å²) in [6, 6.07) is 0. The molecule has 0 aromatic heterocycles. The maximum Gasteiger partial charge on any atom is 0.306 e. The molecule has 0 saturated carbocycles. The maximum atomic E-state index is 11.7. The van der Waals surface area contributed by atoms with Gasteiger partial charge < -0.3 is 5.11 Å². The fraction of sp³-hybridized carbons (Fsp3) is 0.960. The summed E-state index contributed by atoms with van der Waals surface area (Å²) >= 11 is 0. The van der Waals surface area contributed by atoms with Crippen LogP contribution in [0, 0.1) is 11.8 Å². The summed E-state index contributed by atoms with van der Waals surface area (Å²) in [5.74, 6) is -0.0335. The van der Waals surface area contributed by atoms with E-state index in [0.29, 0.717) is 5.92 Å². The van der Waals surface area contributed by atoms with Crippen molar-refractivity contribution in [2.75, 3.05) is 0 Å². The molecule has 162 valence electrons. The second-order valence-electron chi connectivity index (χ2n) is 8.75. The van der Waals surface area contributed by atoms with Gasteiger partial charge in [-0.25, -0.2) is 0 Å². The molecule has 0 aliphatic rings. The van der Waals surface area contributed by atoms with Crippen LogP contribution in [0.2, 0.25) is 0 Å². The Morgan fingerprint density at radius 1 is 0.593 bits per heavy atom. The molecule has 1 N–H and O–H groups in total. The van der Waals surface area contributed by atoms with E-state index in [9.17, 15) is 9.90 Å². The summed E-state index contributed by atoms with van der Waals surface area (Å²) in [4.78, 5) is 11.7. The van der Waals surface area contributed by atoms with Gasteiger partial charge in [-0.15, -0.1) is 0 Å². The summed E-state index contributed by atoms with van der Waals surface area (Å²) in [5, 5.41) is 9.66. The van der Waals surface area contributed by atoms with Crippen LogP contribution in [-0.2, 0) is 4.79 Å². The molecular weight excluding hydrogens is 332 g/mol. The highest BCUT2D eigenvalue weighted by molar-refractivity contribution is 5.69. The zero-order chi connectivity index (χ0) is 20.2. The number of carboxylic acids is 1. The highest BCUT2D eigenvalue weighted by Crippen LogP contribution is 2.28. The lowest BCUT2D eigenvalue weighted by Crippen LogP contribution is -2.18. The molecule has 0 radical (unpaired) electrons. The van der Waals surface area contributed by atoms with Crippen LogP contribution >= 0.6 is 0 Å². The van der Waals surface area contributed by atoms with Gasteiger partial charge in [-0.3, -0.25) is 4.79 Å². The third-order valence-corrected chi connectivity index (χ3v) is 6.06. The molecule has 0 rings (SSSR count). The number of rotatable bonds is 21. The van der Waals surface area contributed by atoms with E-state index in [2.05, 4.69) is 20.8 Å². The van der Waals surface area contributed by atoms with E-state index in [1.54, 1.807) is 0 Å². The number of carboxylic acid groups (broad SMARTS) is 1. The topological polar surface area (TPSA) is 37.3 Å². The Morgan fingerprint density at radius 2 is 0.963 bits per heavy atom. The average molecular weight is 383 g/mol. The van der Waals surface area contributed by atoms with Gasteiger partial charge in [0.15, 0.2) is 0 Å². The summed E-state index contributed by atoms with van der Waals surface area (Å²) in [6.07, 6.45) is 23.8. The van der Waals surface area contributed by atoms with Crippen molar-refractivity contribution in [3.63, 3.8) is 0 Å². The van der Waals surface area contributed by atoms with E-state index in [-0.39, 0.29) is 5.92 Å². The molecule has 2 nitrogen and oxygen atoms in total. The SMILES string of the molecule is CCCCCCCCC(CCCCCCCC)CC(CCCCC)C(=O)O. The molecule has 0 bridgehead atoms. The standard InChI is InChI=1S/C25H50O2/c1-4-7-10-12-14-17-19-23(20-18-15-13-11-8-5-2)22-24(25(26)27)21-16-9-6-3/h23-24H,4-22H2,1-3H3,(H,26,27). The molecule has 0 fully saturated rings. The predicted molar refractivity (Wildman–Crippen MR) is 119 cm³/mol. The lowest BCUT2D eigenvalue weighted by atomic mass is 9.84. The lowest BCUT2D eigenvalue weighted by Gasteiger charge is -2.21. The molecule has 1 atom stereocenters. The van der Waals surface area contributed by atoms with Crippen LogP contribution in [0.3, 0.4) is 0 Å². The number of hydrogen-bond acceptors (Lipinski definition) is 1. The summed E-state index contributed by atoms with van der Waals surface area (Å²) in [7, 11) is 0. The van der Waals surface area contributed by atoms with Crippen molar-refractivity contribution in [3.8, 4) is 0 Å². The molecule has 0 aliphatic heterocycles. The first-order valence-electron chi connectivity index (χ1n) is 12.4. The number of unbranched alkanes of at least 4 members (excludes halogenated alkanes) is 12. The van der Waals surface area contributed by atoms with Gasteiger partial charge in [-0.2, -0.15) is 0 Å².